The summed E-state index contributed by atoms with van der Waals surface area (Å²) in [6.45, 7) is 5.95. The standard InChI is InChI=1S/C14H22OSi/c1-16(2,14-9-6-11-15-14)12-10-13-7-4-3-5-8-13/h3-5,7-8,14H,6,9-12H2,1-2H3. The summed E-state index contributed by atoms with van der Waals surface area (Å²) >= 11 is 0. The fourth-order valence-corrected chi connectivity index (χ4v) is 5.28. The molecule has 1 aromatic carbocycles. The molecule has 1 fully saturated rings. The quantitative estimate of drug-likeness (QED) is 0.723. The van der Waals surface area contributed by atoms with Gasteiger partial charge in [0.25, 0.3) is 0 Å². The third kappa shape index (κ3) is 2.95. The van der Waals surface area contributed by atoms with E-state index in [9.17, 15) is 0 Å². The number of aryl methyl sites for hydroxylation is 1. The molecular weight excluding hydrogens is 212 g/mol. The van der Waals surface area contributed by atoms with Crippen LogP contribution in [0.15, 0.2) is 30.3 Å². The van der Waals surface area contributed by atoms with Crippen LogP contribution in [0.3, 0.4) is 0 Å². The van der Waals surface area contributed by atoms with Gasteiger partial charge < -0.3 is 4.74 Å². The molecule has 1 unspecified atom stereocenters. The van der Waals surface area contributed by atoms with Gasteiger partial charge >= 0.3 is 0 Å². The highest BCUT2D eigenvalue weighted by atomic mass is 28.3. The predicted molar refractivity (Wildman–Crippen MR) is 71.4 cm³/mol. The van der Waals surface area contributed by atoms with E-state index in [0.717, 1.165) is 6.61 Å². The van der Waals surface area contributed by atoms with Crippen molar-refractivity contribution in [1.29, 1.82) is 0 Å². The Morgan fingerprint density at radius 1 is 1.25 bits per heavy atom. The maximum absolute atomic E-state index is 5.87. The van der Waals surface area contributed by atoms with E-state index < -0.39 is 8.07 Å². The van der Waals surface area contributed by atoms with Crippen LogP contribution in [0, 0.1) is 0 Å². The molecule has 1 aliphatic heterocycles. The highest BCUT2D eigenvalue weighted by Crippen LogP contribution is 2.27. The summed E-state index contributed by atoms with van der Waals surface area (Å²) in [5, 5.41) is 0. The first-order chi connectivity index (χ1) is 7.68. The van der Waals surface area contributed by atoms with Crippen molar-refractivity contribution in [3.05, 3.63) is 35.9 Å². The predicted octanol–water partition coefficient (Wildman–Crippen LogP) is 3.66. The second-order valence-electron chi connectivity index (χ2n) is 5.48. The first kappa shape index (κ1) is 11.9. The van der Waals surface area contributed by atoms with Crippen molar-refractivity contribution in [2.24, 2.45) is 0 Å². The zero-order valence-electron chi connectivity index (χ0n) is 10.4. The molecular formula is C14H22OSi. The molecule has 1 atom stereocenters. The van der Waals surface area contributed by atoms with E-state index in [0.29, 0.717) is 5.73 Å². The minimum Gasteiger partial charge on any atom is -0.382 e. The van der Waals surface area contributed by atoms with Gasteiger partial charge in [0.15, 0.2) is 0 Å². The van der Waals surface area contributed by atoms with Crippen LogP contribution in [-0.2, 0) is 11.2 Å². The molecule has 0 N–H and O–H groups in total. The van der Waals surface area contributed by atoms with Gasteiger partial charge in [-0.2, -0.15) is 0 Å². The molecule has 16 heavy (non-hydrogen) atoms. The molecule has 0 aromatic heterocycles. The highest BCUT2D eigenvalue weighted by Gasteiger charge is 2.34. The van der Waals surface area contributed by atoms with Crippen molar-refractivity contribution >= 4 is 8.07 Å². The Morgan fingerprint density at radius 3 is 2.62 bits per heavy atom. The van der Waals surface area contributed by atoms with Gasteiger partial charge in [0, 0.05) is 12.3 Å². The van der Waals surface area contributed by atoms with Gasteiger partial charge in [-0.25, -0.2) is 0 Å². The highest BCUT2D eigenvalue weighted by molar-refractivity contribution is 6.78. The first-order valence-electron chi connectivity index (χ1n) is 6.34. The third-order valence-electron chi connectivity index (χ3n) is 3.70. The Balaban J connectivity index is 1.89. The van der Waals surface area contributed by atoms with Crippen molar-refractivity contribution in [2.75, 3.05) is 6.61 Å². The molecule has 1 nitrogen and oxygen atoms in total. The van der Waals surface area contributed by atoms with Gasteiger partial charge in [-0.3, -0.25) is 0 Å². The lowest BCUT2D eigenvalue weighted by Crippen LogP contribution is -2.41. The Bertz CT molecular complexity index is 315. The molecule has 1 aliphatic rings. The molecule has 0 saturated carbocycles. The minimum absolute atomic E-state index is 0.608. The zero-order valence-corrected chi connectivity index (χ0v) is 11.4. The molecule has 1 aromatic rings. The second-order valence-corrected chi connectivity index (χ2v) is 10.6. The average Bonchev–Trinajstić information content (AvgIpc) is 2.82. The molecule has 0 amide bonds. The number of rotatable bonds is 4. The van der Waals surface area contributed by atoms with Gasteiger partial charge in [-0.05, 0) is 24.8 Å². The summed E-state index contributed by atoms with van der Waals surface area (Å²) < 4.78 is 5.87. The summed E-state index contributed by atoms with van der Waals surface area (Å²) in [6, 6.07) is 12.2. The Kier molecular flexibility index (Phi) is 3.82. The summed E-state index contributed by atoms with van der Waals surface area (Å²) in [6.07, 6.45) is 3.79. The SMILES string of the molecule is C[Si](C)(CCc1ccccc1)C1CCCO1. The van der Waals surface area contributed by atoms with Crippen molar-refractivity contribution in [2.45, 2.75) is 44.1 Å². The van der Waals surface area contributed by atoms with Crippen molar-refractivity contribution in [1.82, 2.24) is 0 Å². The van der Waals surface area contributed by atoms with E-state index in [1.165, 1.54) is 30.9 Å². The summed E-state index contributed by atoms with van der Waals surface area (Å²) in [5.74, 6) is 0. The minimum atomic E-state index is -1.18. The molecule has 1 heterocycles. The zero-order chi connectivity index (χ0) is 11.4. The van der Waals surface area contributed by atoms with Crippen molar-refractivity contribution in [3.8, 4) is 0 Å². The lowest BCUT2D eigenvalue weighted by molar-refractivity contribution is 0.159. The Hall–Kier alpha value is -0.603. The smallest absolute Gasteiger partial charge is 0.0818 e. The van der Waals surface area contributed by atoms with E-state index in [4.69, 9.17) is 4.74 Å². The molecule has 0 bridgehead atoms. The third-order valence-corrected chi connectivity index (χ3v) is 7.44. The van der Waals surface area contributed by atoms with E-state index in [1.807, 2.05) is 0 Å². The van der Waals surface area contributed by atoms with E-state index >= 15 is 0 Å². The van der Waals surface area contributed by atoms with Gasteiger partial charge in [-0.1, -0.05) is 49.5 Å². The second kappa shape index (κ2) is 5.15. The van der Waals surface area contributed by atoms with Gasteiger partial charge in [-0.15, -0.1) is 0 Å². The van der Waals surface area contributed by atoms with Crippen LogP contribution in [0.4, 0.5) is 0 Å². The number of hydrogen-bond acceptors (Lipinski definition) is 1. The summed E-state index contributed by atoms with van der Waals surface area (Å²) in [5.41, 5.74) is 2.08. The molecule has 0 spiro atoms. The van der Waals surface area contributed by atoms with Crippen LogP contribution in [0.5, 0.6) is 0 Å². The average molecular weight is 234 g/mol. The number of ether oxygens (including phenoxy) is 1. The van der Waals surface area contributed by atoms with Crippen LogP contribution >= 0.6 is 0 Å². The lowest BCUT2D eigenvalue weighted by Gasteiger charge is -2.28. The molecule has 0 aliphatic carbocycles. The first-order valence-corrected chi connectivity index (χ1v) is 9.62. The number of benzene rings is 1. The Labute approximate surface area is 99.8 Å². The summed E-state index contributed by atoms with van der Waals surface area (Å²) in [7, 11) is -1.18. The van der Waals surface area contributed by atoms with Gasteiger partial charge in [0.05, 0.1) is 8.07 Å². The monoisotopic (exact) mass is 234 g/mol. The van der Waals surface area contributed by atoms with E-state index in [2.05, 4.69) is 43.4 Å². The van der Waals surface area contributed by atoms with Crippen LogP contribution in [-0.4, -0.2) is 20.4 Å². The number of hydrogen-bond donors (Lipinski definition) is 0. The lowest BCUT2D eigenvalue weighted by atomic mass is 10.2. The topological polar surface area (TPSA) is 9.23 Å². The normalized spacial score (nSPS) is 21.2. The van der Waals surface area contributed by atoms with Gasteiger partial charge in [0.2, 0.25) is 0 Å². The van der Waals surface area contributed by atoms with E-state index in [-0.39, 0.29) is 0 Å². The molecule has 1 saturated heterocycles. The van der Waals surface area contributed by atoms with E-state index in [1.54, 1.807) is 0 Å². The molecule has 2 rings (SSSR count). The fraction of sp³-hybridized carbons (Fsp3) is 0.571. The van der Waals surface area contributed by atoms with Gasteiger partial charge in [0.1, 0.15) is 0 Å². The fourth-order valence-electron chi connectivity index (χ4n) is 2.47. The maximum Gasteiger partial charge on any atom is 0.0818 e. The molecule has 0 radical (unpaired) electrons. The van der Waals surface area contributed by atoms with Crippen LogP contribution in [0.25, 0.3) is 0 Å². The van der Waals surface area contributed by atoms with Crippen molar-refractivity contribution < 1.29 is 4.74 Å². The molecule has 2 heteroatoms. The van der Waals surface area contributed by atoms with Crippen LogP contribution in [0.2, 0.25) is 19.1 Å². The largest absolute Gasteiger partial charge is 0.382 e. The van der Waals surface area contributed by atoms with Crippen LogP contribution < -0.4 is 0 Å². The van der Waals surface area contributed by atoms with Crippen molar-refractivity contribution in [3.63, 3.8) is 0 Å². The maximum atomic E-state index is 5.87. The summed E-state index contributed by atoms with van der Waals surface area (Å²) in [4.78, 5) is 0. The molecule has 88 valence electrons. The van der Waals surface area contributed by atoms with Crippen LogP contribution in [0.1, 0.15) is 18.4 Å². The Morgan fingerprint density at radius 2 is 2.00 bits per heavy atom.